The molecule has 0 spiro atoms. The lowest BCUT2D eigenvalue weighted by Crippen LogP contribution is -2.32. The molecule has 0 radical (unpaired) electrons. The zero-order valence-electron chi connectivity index (χ0n) is 9.58. The number of benzene rings is 1. The first-order valence-electron chi connectivity index (χ1n) is 5.45. The lowest BCUT2D eigenvalue weighted by atomic mass is 10.1. The average Bonchev–Trinajstić information content (AvgIpc) is 2.63. The predicted octanol–water partition coefficient (Wildman–Crippen LogP) is 3.02. The molecule has 0 N–H and O–H groups in total. The topological polar surface area (TPSA) is 37.4 Å². The Hall–Kier alpha value is -1.12. The van der Waals surface area contributed by atoms with Crippen molar-refractivity contribution >= 4 is 40.1 Å². The number of imide groups is 1. The fourth-order valence-electron chi connectivity index (χ4n) is 1.98. The molecular weight excluding hydrogens is 374 g/mol. The third kappa shape index (κ3) is 2.60. The number of anilines is 1. The van der Waals surface area contributed by atoms with Crippen molar-refractivity contribution in [3.8, 4) is 0 Å². The second-order valence-corrected chi connectivity index (χ2v) is 5.02. The Morgan fingerprint density at radius 3 is 2.42 bits per heavy atom. The van der Waals surface area contributed by atoms with Crippen molar-refractivity contribution in [3.05, 3.63) is 29.8 Å². The SMILES string of the molecule is O=C1CC(CI)C(=O)N1c1ccccc1C(F)(F)F. The number of amides is 2. The minimum absolute atomic E-state index is 0.0338. The van der Waals surface area contributed by atoms with Gasteiger partial charge in [-0.25, -0.2) is 4.90 Å². The van der Waals surface area contributed by atoms with Crippen LogP contribution in [0.15, 0.2) is 24.3 Å². The first kappa shape index (κ1) is 14.3. The normalized spacial score (nSPS) is 20.2. The third-order valence-corrected chi connectivity index (χ3v) is 3.94. The number of nitrogens with zero attached hydrogens (tertiary/aromatic N) is 1. The molecule has 7 heteroatoms. The van der Waals surface area contributed by atoms with E-state index >= 15 is 0 Å². The minimum atomic E-state index is -4.60. The molecule has 1 atom stereocenters. The summed E-state index contributed by atoms with van der Waals surface area (Å²) < 4.78 is 39.1. The number of para-hydroxylation sites is 1. The van der Waals surface area contributed by atoms with Crippen molar-refractivity contribution < 1.29 is 22.8 Å². The van der Waals surface area contributed by atoms with Crippen molar-refractivity contribution in [2.45, 2.75) is 12.6 Å². The molecule has 2 rings (SSSR count). The van der Waals surface area contributed by atoms with Crippen molar-refractivity contribution in [3.63, 3.8) is 0 Å². The summed E-state index contributed by atoms with van der Waals surface area (Å²) in [5.74, 6) is -1.67. The van der Waals surface area contributed by atoms with Gasteiger partial charge in [-0.05, 0) is 12.1 Å². The maximum absolute atomic E-state index is 12.9. The number of alkyl halides is 4. The molecule has 19 heavy (non-hydrogen) atoms. The van der Waals surface area contributed by atoms with Gasteiger partial charge in [-0.2, -0.15) is 13.2 Å². The Balaban J connectivity index is 2.49. The van der Waals surface area contributed by atoms with Crippen LogP contribution in [-0.4, -0.2) is 16.2 Å². The smallest absolute Gasteiger partial charge is 0.274 e. The fraction of sp³-hybridized carbons (Fsp3) is 0.333. The van der Waals surface area contributed by atoms with Gasteiger partial charge in [-0.1, -0.05) is 34.7 Å². The molecule has 102 valence electrons. The maximum Gasteiger partial charge on any atom is 0.418 e. The fourth-order valence-corrected chi connectivity index (χ4v) is 2.66. The minimum Gasteiger partial charge on any atom is -0.274 e. The lowest BCUT2D eigenvalue weighted by Gasteiger charge is -2.19. The second-order valence-electron chi connectivity index (χ2n) is 4.14. The van der Waals surface area contributed by atoms with E-state index in [4.69, 9.17) is 0 Å². The highest BCUT2D eigenvalue weighted by Gasteiger charge is 2.43. The molecule has 1 saturated heterocycles. The van der Waals surface area contributed by atoms with Crippen LogP contribution >= 0.6 is 22.6 Å². The zero-order chi connectivity index (χ0) is 14.2. The van der Waals surface area contributed by atoms with Crippen LogP contribution < -0.4 is 4.90 Å². The molecule has 0 aliphatic carbocycles. The van der Waals surface area contributed by atoms with Gasteiger partial charge in [0.05, 0.1) is 17.2 Å². The van der Waals surface area contributed by atoms with E-state index in [2.05, 4.69) is 0 Å². The molecule has 1 fully saturated rings. The van der Waals surface area contributed by atoms with Crippen molar-refractivity contribution in [1.29, 1.82) is 0 Å². The lowest BCUT2D eigenvalue weighted by molar-refractivity contribution is -0.137. The summed E-state index contributed by atoms with van der Waals surface area (Å²) in [5.41, 5.74) is -1.34. The Morgan fingerprint density at radius 1 is 1.26 bits per heavy atom. The highest BCUT2D eigenvalue weighted by atomic mass is 127. The van der Waals surface area contributed by atoms with E-state index in [1.807, 2.05) is 22.6 Å². The summed E-state index contributed by atoms with van der Waals surface area (Å²) in [7, 11) is 0. The van der Waals surface area contributed by atoms with Gasteiger partial charge in [0, 0.05) is 10.8 Å². The molecular formula is C12H9F3INO2. The summed E-state index contributed by atoms with van der Waals surface area (Å²) >= 11 is 1.95. The Labute approximate surface area is 120 Å². The molecule has 3 nitrogen and oxygen atoms in total. The molecule has 0 bridgehead atoms. The highest BCUT2D eigenvalue weighted by Crippen LogP contribution is 2.39. The van der Waals surface area contributed by atoms with E-state index in [1.165, 1.54) is 12.1 Å². The molecule has 1 heterocycles. The number of carbonyl (C=O) groups excluding carboxylic acids is 2. The summed E-state index contributed by atoms with van der Waals surface area (Å²) in [5, 5.41) is 0. The number of hydrogen-bond acceptors (Lipinski definition) is 2. The molecule has 1 unspecified atom stereocenters. The zero-order valence-corrected chi connectivity index (χ0v) is 11.7. The Morgan fingerprint density at radius 2 is 1.89 bits per heavy atom. The molecule has 0 saturated carbocycles. The quantitative estimate of drug-likeness (QED) is 0.448. The van der Waals surface area contributed by atoms with Crippen molar-refractivity contribution in [2.24, 2.45) is 5.92 Å². The monoisotopic (exact) mass is 383 g/mol. The number of carbonyl (C=O) groups is 2. The largest absolute Gasteiger partial charge is 0.418 e. The van der Waals surface area contributed by atoms with E-state index in [9.17, 15) is 22.8 Å². The highest BCUT2D eigenvalue weighted by molar-refractivity contribution is 14.1. The van der Waals surface area contributed by atoms with Gasteiger partial charge in [0.2, 0.25) is 11.8 Å². The van der Waals surface area contributed by atoms with Gasteiger partial charge < -0.3 is 0 Å². The molecule has 0 aromatic heterocycles. The molecule has 1 aromatic rings. The van der Waals surface area contributed by atoms with Crippen molar-refractivity contribution in [2.75, 3.05) is 9.33 Å². The van der Waals surface area contributed by atoms with Crippen LogP contribution in [0.4, 0.5) is 18.9 Å². The van der Waals surface area contributed by atoms with Crippen LogP contribution in [0, 0.1) is 5.92 Å². The number of halogens is 4. The summed E-state index contributed by atoms with van der Waals surface area (Å²) in [6, 6.07) is 4.62. The van der Waals surface area contributed by atoms with Gasteiger partial charge in [0.15, 0.2) is 0 Å². The number of hydrogen-bond donors (Lipinski definition) is 0. The predicted molar refractivity (Wildman–Crippen MR) is 70.9 cm³/mol. The Kier molecular flexibility index (Phi) is 3.84. The molecule has 1 aliphatic rings. The summed E-state index contributed by atoms with van der Waals surface area (Å²) in [6.45, 7) is 0. The molecule has 1 aliphatic heterocycles. The summed E-state index contributed by atoms with van der Waals surface area (Å²) in [4.78, 5) is 24.4. The van der Waals surface area contributed by atoms with E-state index in [0.29, 0.717) is 9.33 Å². The van der Waals surface area contributed by atoms with E-state index < -0.39 is 29.5 Å². The van der Waals surface area contributed by atoms with Crippen LogP contribution in [0.25, 0.3) is 0 Å². The van der Waals surface area contributed by atoms with E-state index in [0.717, 1.165) is 12.1 Å². The van der Waals surface area contributed by atoms with E-state index in [-0.39, 0.29) is 12.1 Å². The first-order chi connectivity index (χ1) is 8.86. The van der Waals surface area contributed by atoms with Crippen LogP contribution in [-0.2, 0) is 15.8 Å². The maximum atomic E-state index is 12.9. The van der Waals surface area contributed by atoms with Crippen LogP contribution in [0.5, 0.6) is 0 Å². The van der Waals surface area contributed by atoms with Crippen LogP contribution in [0.2, 0.25) is 0 Å². The second kappa shape index (κ2) is 5.10. The third-order valence-electron chi connectivity index (χ3n) is 2.88. The van der Waals surface area contributed by atoms with Crippen molar-refractivity contribution in [1.82, 2.24) is 0 Å². The average molecular weight is 383 g/mol. The molecule has 2 amide bonds. The van der Waals surface area contributed by atoms with Gasteiger partial charge in [0.1, 0.15) is 0 Å². The van der Waals surface area contributed by atoms with E-state index in [1.54, 1.807) is 0 Å². The van der Waals surface area contributed by atoms with Gasteiger partial charge in [-0.3, -0.25) is 9.59 Å². The standard InChI is InChI=1S/C12H9F3INO2/c13-12(14,15)8-3-1-2-4-9(8)17-10(18)5-7(6-16)11(17)19/h1-4,7H,5-6H2. The van der Waals surface area contributed by atoms with Gasteiger partial charge in [0.25, 0.3) is 0 Å². The van der Waals surface area contributed by atoms with Crippen LogP contribution in [0.1, 0.15) is 12.0 Å². The van der Waals surface area contributed by atoms with Crippen LogP contribution in [0.3, 0.4) is 0 Å². The number of rotatable bonds is 2. The first-order valence-corrected chi connectivity index (χ1v) is 6.97. The summed E-state index contributed by atoms with van der Waals surface area (Å²) in [6.07, 6.45) is -4.63. The Bertz CT molecular complexity index is 530. The molecule has 1 aromatic carbocycles. The van der Waals surface area contributed by atoms with Gasteiger partial charge in [-0.15, -0.1) is 0 Å². The van der Waals surface area contributed by atoms with Gasteiger partial charge >= 0.3 is 6.18 Å².